The molecule has 2 aliphatic rings. The maximum Gasteiger partial charge on any atom is 0.257 e. The highest BCUT2D eigenvalue weighted by atomic mass is 16.5. The van der Waals surface area contributed by atoms with Crippen molar-refractivity contribution in [3.8, 4) is 11.5 Å². The van der Waals surface area contributed by atoms with Crippen LogP contribution >= 0.6 is 0 Å². The second kappa shape index (κ2) is 10.6. The molecule has 2 aromatic carbocycles. The minimum atomic E-state index is -0.387. The third-order valence-corrected chi connectivity index (χ3v) is 6.32. The Morgan fingerprint density at radius 3 is 2.68 bits per heavy atom. The smallest absolute Gasteiger partial charge is 0.257 e. The number of carbonyl (C=O) groups is 3. The Labute approximate surface area is 199 Å². The molecule has 2 N–H and O–H groups in total. The number of likely N-dealkylation sites (N-methyl/N-ethyl adjacent to an activating group) is 1. The van der Waals surface area contributed by atoms with Gasteiger partial charge < -0.3 is 25.0 Å². The van der Waals surface area contributed by atoms with Gasteiger partial charge in [-0.25, -0.2) is 0 Å². The van der Waals surface area contributed by atoms with Gasteiger partial charge >= 0.3 is 0 Å². The number of rotatable bonds is 9. The predicted octanol–water partition coefficient (Wildman–Crippen LogP) is 2.37. The number of carbonyl (C=O) groups excluding carboxylic acids is 3. The van der Waals surface area contributed by atoms with E-state index < -0.39 is 0 Å². The van der Waals surface area contributed by atoms with Crippen LogP contribution in [0.3, 0.4) is 0 Å². The van der Waals surface area contributed by atoms with Gasteiger partial charge in [0.25, 0.3) is 5.91 Å². The van der Waals surface area contributed by atoms with E-state index in [9.17, 15) is 14.4 Å². The summed E-state index contributed by atoms with van der Waals surface area (Å²) in [7, 11) is 1.52. The second-order valence-electron chi connectivity index (χ2n) is 8.66. The van der Waals surface area contributed by atoms with E-state index in [1.54, 1.807) is 17.0 Å². The monoisotopic (exact) mass is 465 g/mol. The van der Waals surface area contributed by atoms with Crippen molar-refractivity contribution >= 4 is 23.4 Å². The Bertz CT molecular complexity index is 1080. The second-order valence-corrected chi connectivity index (χ2v) is 8.66. The molecule has 1 heterocycles. The molecule has 1 aliphatic heterocycles. The first-order chi connectivity index (χ1) is 16.5. The number of nitrogens with zero attached hydrogens (tertiary/aromatic N) is 1. The molecule has 4 rings (SSSR count). The normalized spacial score (nSPS) is 16.8. The number of methoxy groups -OCH3 is 1. The van der Waals surface area contributed by atoms with Crippen molar-refractivity contribution < 1.29 is 23.9 Å². The summed E-state index contributed by atoms with van der Waals surface area (Å²) in [5.74, 6) is 0.175. The fourth-order valence-electron chi connectivity index (χ4n) is 4.53. The predicted molar refractivity (Wildman–Crippen MR) is 128 cm³/mol. The van der Waals surface area contributed by atoms with Gasteiger partial charge in [0.1, 0.15) is 0 Å². The van der Waals surface area contributed by atoms with E-state index >= 15 is 0 Å². The highest BCUT2D eigenvalue weighted by Crippen LogP contribution is 2.31. The zero-order chi connectivity index (χ0) is 24.1. The summed E-state index contributed by atoms with van der Waals surface area (Å²) < 4.78 is 10.9. The first-order valence-electron chi connectivity index (χ1n) is 11.7. The molecule has 0 saturated carbocycles. The van der Waals surface area contributed by atoms with Crippen LogP contribution in [0.2, 0.25) is 0 Å². The van der Waals surface area contributed by atoms with Crippen molar-refractivity contribution in [1.82, 2.24) is 10.6 Å². The van der Waals surface area contributed by atoms with Crippen LogP contribution in [-0.2, 0) is 33.8 Å². The fraction of sp³-hybridized carbons (Fsp3) is 0.423. The van der Waals surface area contributed by atoms with Gasteiger partial charge in [0, 0.05) is 31.7 Å². The van der Waals surface area contributed by atoms with E-state index in [0.29, 0.717) is 31.1 Å². The van der Waals surface area contributed by atoms with Crippen LogP contribution in [0.1, 0.15) is 36.5 Å². The van der Waals surface area contributed by atoms with Crippen LogP contribution < -0.4 is 25.0 Å². The number of ether oxygens (including phenoxy) is 2. The number of anilines is 1. The summed E-state index contributed by atoms with van der Waals surface area (Å²) in [6.07, 6.45) is 3.51. The first-order valence-corrected chi connectivity index (χ1v) is 11.7. The van der Waals surface area contributed by atoms with Gasteiger partial charge in [-0.2, -0.15) is 0 Å². The Morgan fingerprint density at radius 2 is 1.88 bits per heavy atom. The molecule has 0 bridgehead atoms. The Hall–Kier alpha value is -3.55. The highest BCUT2D eigenvalue weighted by Gasteiger charge is 2.35. The van der Waals surface area contributed by atoms with Gasteiger partial charge in [-0.05, 0) is 67.1 Å². The van der Waals surface area contributed by atoms with Gasteiger partial charge in [-0.15, -0.1) is 0 Å². The minimum Gasteiger partial charge on any atom is -0.493 e. The maximum absolute atomic E-state index is 12.8. The van der Waals surface area contributed by atoms with Crippen molar-refractivity contribution in [3.63, 3.8) is 0 Å². The average Bonchev–Trinajstić information content (AvgIpc) is 3.47. The molecule has 1 aliphatic carbocycles. The van der Waals surface area contributed by atoms with E-state index in [1.807, 2.05) is 19.1 Å². The molecule has 1 fully saturated rings. The van der Waals surface area contributed by atoms with Crippen molar-refractivity contribution in [2.75, 3.05) is 31.7 Å². The van der Waals surface area contributed by atoms with Crippen molar-refractivity contribution in [2.24, 2.45) is 5.92 Å². The lowest BCUT2D eigenvalue weighted by Crippen LogP contribution is -2.32. The molecule has 1 atom stereocenters. The van der Waals surface area contributed by atoms with E-state index in [4.69, 9.17) is 9.47 Å². The van der Waals surface area contributed by atoms with Crippen LogP contribution in [-0.4, -0.2) is 44.5 Å². The lowest BCUT2D eigenvalue weighted by Gasteiger charge is -2.18. The molecular formula is C26H31N3O5. The Kier molecular flexibility index (Phi) is 7.35. The third kappa shape index (κ3) is 5.32. The van der Waals surface area contributed by atoms with E-state index in [-0.39, 0.29) is 36.7 Å². The molecule has 8 nitrogen and oxygen atoms in total. The maximum atomic E-state index is 12.8. The van der Waals surface area contributed by atoms with Crippen LogP contribution in [0.25, 0.3) is 0 Å². The molecule has 180 valence electrons. The lowest BCUT2D eigenvalue weighted by atomic mass is 10.1. The largest absolute Gasteiger partial charge is 0.493 e. The number of amides is 3. The summed E-state index contributed by atoms with van der Waals surface area (Å²) in [6, 6.07) is 11.5. The van der Waals surface area contributed by atoms with Gasteiger partial charge in [0.15, 0.2) is 18.1 Å². The number of aryl methyl sites for hydroxylation is 2. The summed E-state index contributed by atoms with van der Waals surface area (Å²) in [6.45, 7) is 2.97. The van der Waals surface area contributed by atoms with Gasteiger partial charge in [-0.3, -0.25) is 14.4 Å². The SMILES string of the molecule is CCNC(=O)COc1ccc(CNC(=O)C2CC(=O)N(c3ccc4c(c3)CCC4)C2)cc1OC. The standard InChI is InChI=1S/C26H31N3O5/c1-3-27-24(30)16-34-22-10-7-17(11-23(22)33-2)14-28-26(32)20-13-25(31)29(15-20)21-9-8-18-5-4-6-19(18)12-21/h7-12,20H,3-6,13-16H2,1-2H3,(H,27,30)(H,28,32). The number of fused-ring (bicyclic) bond motifs is 1. The molecule has 2 aromatic rings. The van der Waals surface area contributed by atoms with Crippen LogP contribution in [0, 0.1) is 5.92 Å². The molecule has 1 unspecified atom stereocenters. The molecule has 8 heteroatoms. The highest BCUT2D eigenvalue weighted by molar-refractivity contribution is 6.00. The number of hydrogen-bond acceptors (Lipinski definition) is 5. The van der Waals surface area contributed by atoms with Crippen molar-refractivity contribution in [3.05, 3.63) is 53.1 Å². The van der Waals surface area contributed by atoms with E-state index in [0.717, 1.165) is 30.5 Å². The summed E-state index contributed by atoms with van der Waals surface area (Å²) >= 11 is 0. The number of hydrogen-bond donors (Lipinski definition) is 2. The Balaban J connectivity index is 1.32. The third-order valence-electron chi connectivity index (χ3n) is 6.32. The molecule has 3 amide bonds. The lowest BCUT2D eigenvalue weighted by molar-refractivity contribution is -0.126. The minimum absolute atomic E-state index is 0.0200. The van der Waals surface area contributed by atoms with E-state index in [1.165, 1.54) is 18.2 Å². The van der Waals surface area contributed by atoms with Crippen molar-refractivity contribution in [1.29, 1.82) is 0 Å². The first kappa shape index (κ1) is 23.6. The zero-order valence-corrected chi connectivity index (χ0v) is 19.7. The zero-order valence-electron chi connectivity index (χ0n) is 19.7. The van der Waals surface area contributed by atoms with Gasteiger partial charge in [-0.1, -0.05) is 12.1 Å². The molecule has 0 aromatic heterocycles. The summed E-state index contributed by atoms with van der Waals surface area (Å²) in [5, 5.41) is 5.61. The summed E-state index contributed by atoms with van der Waals surface area (Å²) in [4.78, 5) is 38.8. The summed E-state index contributed by atoms with van der Waals surface area (Å²) in [5.41, 5.74) is 4.38. The number of benzene rings is 2. The van der Waals surface area contributed by atoms with Crippen LogP contribution in [0.15, 0.2) is 36.4 Å². The number of nitrogens with one attached hydrogen (secondary N) is 2. The molecular weight excluding hydrogens is 434 g/mol. The molecule has 0 spiro atoms. The molecule has 34 heavy (non-hydrogen) atoms. The quantitative estimate of drug-likeness (QED) is 0.593. The average molecular weight is 466 g/mol. The molecule has 1 saturated heterocycles. The Morgan fingerprint density at radius 1 is 1.06 bits per heavy atom. The van der Waals surface area contributed by atoms with Crippen LogP contribution in [0.5, 0.6) is 11.5 Å². The van der Waals surface area contributed by atoms with E-state index in [2.05, 4.69) is 22.8 Å². The topological polar surface area (TPSA) is 97.0 Å². The fourth-order valence-corrected chi connectivity index (χ4v) is 4.53. The van der Waals surface area contributed by atoms with Crippen molar-refractivity contribution in [2.45, 2.75) is 39.2 Å². The van der Waals surface area contributed by atoms with Gasteiger partial charge in [0.05, 0.1) is 13.0 Å². The van der Waals surface area contributed by atoms with Crippen LogP contribution in [0.4, 0.5) is 5.69 Å². The van der Waals surface area contributed by atoms with Gasteiger partial charge in [0.2, 0.25) is 11.8 Å². The molecule has 0 radical (unpaired) electrons.